The molecule has 9 aliphatic rings. The largest absolute Gasteiger partial charge is 2.00 e. The monoisotopic (exact) mass is 688 g/mol. The van der Waals surface area contributed by atoms with Crippen molar-refractivity contribution >= 4 is 0 Å². The summed E-state index contributed by atoms with van der Waals surface area (Å²) in [5.41, 5.74) is 0. The zero-order valence-electron chi connectivity index (χ0n) is 28.7. The van der Waals surface area contributed by atoms with Gasteiger partial charge in [-0.3, -0.25) is 42.5 Å². The van der Waals surface area contributed by atoms with Crippen molar-refractivity contribution in [3.63, 3.8) is 0 Å². The minimum Gasteiger partial charge on any atom is -0.536 e. The Morgan fingerprint density at radius 3 is 1.06 bits per heavy atom. The maximum absolute atomic E-state index is 8.02. The topological polar surface area (TPSA) is 137 Å². The van der Waals surface area contributed by atoms with Crippen LogP contribution >= 0.6 is 0 Å². The van der Waals surface area contributed by atoms with Crippen LogP contribution in [0.4, 0.5) is 0 Å². The molecular weight excluding hydrogens is 624 g/mol. The molecule has 0 amide bonds. The Labute approximate surface area is 298 Å². The van der Waals surface area contributed by atoms with E-state index < -0.39 is 6.29 Å². The van der Waals surface area contributed by atoms with E-state index in [0.29, 0.717) is 67.6 Å². The maximum atomic E-state index is 8.02. The first-order chi connectivity index (χ1) is 22.6. The number of hydrogen-bond acceptors (Lipinski definition) is 10. The van der Waals surface area contributed by atoms with Crippen LogP contribution in [-0.4, -0.2) is 59.5 Å². The van der Waals surface area contributed by atoms with Crippen LogP contribution in [-0.2, 0) is 21.7 Å². The summed E-state index contributed by atoms with van der Waals surface area (Å²) in [5.74, 6) is 5.74. The Hall–Kier alpha value is 0.314. The molecule has 0 aromatic carbocycles. The number of nitrogens with one attached hydrogen (secondary N) is 8. The van der Waals surface area contributed by atoms with Crippen LogP contribution in [0.1, 0.15) is 116 Å². The third-order valence-electron chi connectivity index (χ3n) is 14.0. The number of hydrogen-bond donors (Lipinski definition) is 10. The van der Waals surface area contributed by atoms with Crippen molar-refractivity contribution in [2.45, 2.75) is 165 Å². The second kappa shape index (κ2) is 15.9. The van der Waals surface area contributed by atoms with Gasteiger partial charge in [0, 0.05) is 6.17 Å². The Kier molecular flexibility index (Phi) is 12.1. The molecule has 8 bridgehead atoms. The Balaban J connectivity index is 0.000000462. The Morgan fingerprint density at radius 1 is 0.468 bits per heavy atom. The summed E-state index contributed by atoms with van der Waals surface area (Å²) in [4.78, 5) is 0. The van der Waals surface area contributed by atoms with Gasteiger partial charge in [-0.1, -0.05) is 71.0 Å². The van der Waals surface area contributed by atoms with Crippen LogP contribution < -0.4 is 42.5 Å². The number of aliphatic hydroxyl groups is 2. The summed E-state index contributed by atoms with van der Waals surface area (Å²) in [5, 5.41) is 49.7. The molecule has 0 radical (unpaired) electrons. The third-order valence-corrected chi connectivity index (χ3v) is 14.0. The molecule has 11 heteroatoms. The van der Waals surface area contributed by atoms with E-state index in [4.69, 9.17) is 10.2 Å². The second-order valence-electron chi connectivity index (χ2n) is 16.6. The van der Waals surface area contributed by atoms with E-state index in [9.17, 15) is 0 Å². The van der Waals surface area contributed by atoms with Crippen molar-refractivity contribution in [3.8, 4) is 0 Å². The van der Waals surface area contributed by atoms with E-state index in [1.54, 1.807) is 0 Å². The van der Waals surface area contributed by atoms with Gasteiger partial charge in [0.15, 0.2) is 0 Å². The van der Waals surface area contributed by atoms with Crippen LogP contribution in [0, 0.1) is 60.1 Å². The molecule has 0 spiro atoms. The molecular formula is C36H64N8O2Ti. The van der Waals surface area contributed by atoms with Gasteiger partial charge in [0.1, 0.15) is 0 Å². The van der Waals surface area contributed by atoms with Crippen LogP contribution in [0.2, 0.25) is 0 Å². The molecule has 47 heavy (non-hydrogen) atoms. The molecule has 9 rings (SSSR count). The maximum Gasteiger partial charge on any atom is 2.00 e. The number of aliphatic hydroxyl groups excluding tert-OH is 1. The van der Waals surface area contributed by atoms with Crippen molar-refractivity contribution in [2.75, 3.05) is 0 Å². The van der Waals surface area contributed by atoms with E-state index >= 15 is 0 Å². The van der Waals surface area contributed by atoms with Crippen LogP contribution in [0.3, 0.4) is 0 Å². The van der Waals surface area contributed by atoms with Gasteiger partial charge in [-0.25, -0.2) is 0 Å². The van der Waals surface area contributed by atoms with Crippen molar-refractivity contribution < 1.29 is 31.9 Å². The second-order valence-corrected chi connectivity index (χ2v) is 16.6. The summed E-state index contributed by atoms with van der Waals surface area (Å²) in [6.07, 6.45) is 27.2. The average molecular weight is 689 g/mol. The molecule has 5 heterocycles. The van der Waals surface area contributed by atoms with Crippen molar-refractivity contribution in [3.05, 3.63) is 12.7 Å². The molecule has 4 aliphatic carbocycles. The Morgan fingerprint density at radius 2 is 0.766 bits per heavy atom. The predicted molar refractivity (Wildman–Crippen MR) is 179 cm³/mol. The van der Waals surface area contributed by atoms with E-state index in [1.807, 2.05) is 6.92 Å². The molecule has 264 valence electrons. The molecule has 10 nitrogen and oxygen atoms in total. The number of fused-ring (bicyclic) bond motifs is 20. The van der Waals surface area contributed by atoms with Gasteiger partial charge >= 0.3 is 21.7 Å². The molecule has 4 saturated carbocycles. The summed E-state index contributed by atoms with van der Waals surface area (Å²) >= 11 is 0. The Bertz CT molecular complexity index is 804. The minimum absolute atomic E-state index is 0. The fraction of sp³-hybridized carbons (Fsp3) is 0.944. The van der Waals surface area contributed by atoms with E-state index in [2.05, 4.69) is 49.0 Å². The fourth-order valence-corrected chi connectivity index (χ4v) is 12.0. The molecule has 16 atom stereocenters. The molecule has 16 unspecified atom stereocenters. The first-order valence-electron chi connectivity index (χ1n) is 19.7. The van der Waals surface area contributed by atoms with Gasteiger partial charge in [0.05, 0.1) is 43.2 Å². The first-order valence-corrected chi connectivity index (χ1v) is 19.7. The van der Waals surface area contributed by atoms with Crippen molar-refractivity contribution in [2.24, 2.45) is 47.3 Å². The summed E-state index contributed by atoms with van der Waals surface area (Å²) in [6.45, 7) is 1.88. The molecule has 0 aromatic heterocycles. The normalized spacial score (nSPS) is 50.3. The minimum atomic E-state index is -0.461. The van der Waals surface area contributed by atoms with Gasteiger partial charge in [-0.15, -0.1) is 12.3 Å². The zero-order valence-corrected chi connectivity index (χ0v) is 30.3. The number of rotatable bonds is 2. The SMILES string of the molecule is CCC[C-](O)O.[CH-]1CCCC2C3NC(NC4NC(NC5NC(NC6NC(N3)C3CCCCC63)C3CCCCC53)C3CCCCC43)C12.[Ti+2]. The first kappa shape index (κ1) is 35.7. The van der Waals surface area contributed by atoms with E-state index in [-0.39, 0.29) is 21.7 Å². The van der Waals surface area contributed by atoms with Gasteiger partial charge in [-0.05, 0) is 80.0 Å². The van der Waals surface area contributed by atoms with Crippen LogP contribution in [0.25, 0.3) is 0 Å². The third kappa shape index (κ3) is 7.34. The smallest absolute Gasteiger partial charge is 0.536 e. The van der Waals surface area contributed by atoms with Gasteiger partial charge in [0.25, 0.3) is 0 Å². The standard InChI is InChI=1S/C32H55N8.C4H9O2.Ti/c1-2-10-18-17(9-1)25-33-26(18)38-28-21-13-5-6-14-22(21)30(35-28)40-32-24-16-8-7-15-23(24)31(36-32)39-29-20-12-4-3-11-19(20)27(34-29)37-25;1-2-3-4(5)6;/h9,17-40H,1-8,10-16H2;5-6H,2-3H2,1H3;/q2*-1;+2. The average Bonchev–Trinajstić information content (AvgIpc) is 3.81. The molecule has 9 fully saturated rings. The van der Waals surface area contributed by atoms with Crippen molar-refractivity contribution in [1.82, 2.24) is 42.5 Å². The molecule has 5 saturated heterocycles. The predicted octanol–water partition coefficient (Wildman–Crippen LogP) is 3.44. The van der Waals surface area contributed by atoms with E-state index in [1.165, 1.54) is 96.3 Å². The fourth-order valence-electron chi connectivity index (χ4n) is 12.0. The summed E-state index contributed by atoms with van der Waals surface area (Å²) in [6, 6.07) is 0. The molecule has 0 aromatic rings. The summed E-state index contributed by atoms with van der Waals surface area (Å²) < 4.78 is 0. The van der Waals surface area contributed by atoms with Crippen LogP contribution in [0.5, 0.6) is 0 Å². The van der Waals surface area contributed by atoms with Crippen molar-refractivity contribution in [1.29, 1.82) is 0 Å². The van der Waals surface area contributed by atoms with E-state index in [0.717, 1.165) is 41.9 Å². The van der Waals surface area contributed by atoms with Gasteiger partial charge in [-0.2, -0.15) is 6.42 Å². The van der Waals surface area contributed by atoms with Crippen LogP contribution in [0.15, 0.2) is 0 Å². The van der Waals surface area contributed by atoms with Gasteiger partial charge in [0.2, 0.25) is 0 Å². The summed E-state index contributed by atoms with van der Waals surface area (Å²) in [7, 11) is 0. The van der Waals surface area contributed by atoms with Gasteiger partial charge < -0.3 is 16.6 Å². The zero-order chi connectivity index (χ0) is 31.2. The quantitative estimate of drug-likeness (QED) is 0.155. The molecule has 5 aliphatic heterocycles. The molecule has 10 N–H and O–H groups in total.